The Balaban J connectivity index is -0.000000282. The van der Waals surface area contributed by atoms with E-state index in [2.05, 4.69) is 5.32 Å². The summed E-state index contributed by atoms with van der Waals surface area (Å²) in [5, 5.41) is 19.7. The van der Waals surface area contributed by atoms with Crippen molar-refractivity contribution in [2.45, 2.75) is 50.6 Å². The van der Waals surface area contributed by atoms with E-state index >= 15 is 0 Å². The molecule has 1 aliphatic heterocycles. The fourth-order valence-corrected chi connectivity index (χ4v) is 1.69. The number of carboxylic acid groups (broad SMARTS) is 2. The van der Waals surface area contributed by atoms with E-state index < -0.39 is 18.0 Å². The minimum absolute atomic E-state index is 0. The lowest BCUT2D eigenvalue weighted by Crippen LogP contribution is -2.40. The maximum atomic E-state index is 10.3. The normalized spacial score (nSPS) is 19.0. The average Bonchev–Trinajstić information content (AvgIpc) is 2.40. The number of hydrogen-bond acceptors (Lipinski definition) is 5. The smallest absolute Gasteiger partial charge is 0.480 e. The average molecular weight is 294 g/mol. The Morgan fingerprint density at radius 3 is 2.30 bits per heavy atom. The van der Waals surface area contributed by atoms with Crippen LogP contribution >= 0.6 is 0 Å². The number of rotatable bonds is 6. The fraction of sp³-hybridized carbons (Fsp3) is 0.833. The van der Waals surface area contributed by atoms with E-state index in [9.17, 15) is 9.59 Å². The molecule has 0 spiro atoms. The Labute approximate surface area is 121 Å². The van der Waals surface area contributed by atoms with Crippen molar-refractivity contribution in [2.24, 2.45) is 11.5 Å². The molecule has 8 heteroatoms. The zero-order chi connectivity index (χ0) is 14.7. The quantitative estimate of drug-likeness (QED) is 0.380. The van der Waals surface area contributed by atoms with Gasteiger partial charge in [0, 0.05) is 0 Å². The van der Waals surface area contributed by atoms with Gasteiger partial charge in [-0.3, -0.25) is 9.59 Å². The highest BCUT2D eigenvalue weighted by Gasteiger charge is 2.18. The van der Waals surface area contributed by atoms with Crippen molar-refractivity contribution >= 4 is 11.9 Å². The Morgan fingerprint density at radius 2 is 1.95 bits per heavy atom. The van der Waals surface area contributed by atoms with Gasteiger partial charge in [0.2, 0.25) is 0 Å². The lowest BCUT2D eigenvalue weighted by molar-refractivity contribution is -0.140. The second-order valence-electron chi connectivity index (χ2n) is 4.57. The summed E-state index contributed by atoms with van der Waals surface area (Å²) in [4.78, 5) is 20.4. The van der Waals surface area contributed by atoms with Gasteiger partial charge in [-0.1, -0.05) is 12.8 Å². The summed E-state index contributed by atoms with van der Waals surface area (Å²) < 4.78 is 0. The molecule has 20 heavy (non-hydrogen) atoms. The molecule has 1 heterocycles. The first kappa shape index (κ1) is 21.1. The summed E-state index contributed by atoms with van der Waals surface area (Å²) in [6.07, 6.45) is 5.11. The summed E-state index contributed by atoms with van der Waals surface area (Å²) in [6, 6.07) is -0.995. The molecule has 120 valence electrons. The second kappa shape index (κ2) is 12.8. The van der Waals surface area contributed by atoms with Gasteiger partial charge in [-0.25, -0.2) is 0 Å². The number of nitrogens with one attached hydrogen (secondary N) is 1. The summed E-state index contributed by atoms with van der Waals surface area (Å²) in [5.74, 6) is -1.65. The van der Waals surface area contributed by atoms with E-state index in [1.807, 2.05) is 0 Å². The number of carboxylic acids is 2. The maximum absolute atomic E-state index is 10.3. The molecular formula is C12H30N4O4+2. The Kier molecular flexibility index (Phi) is 13.5. The van der Waals surface area contributed by atoms with Gasteiger partial charge in [-0.05, 0) is 38.8 Å². The van der Waals surface area contributed by atoms with Crippen LogP contribution in [0.15, 0.2) is 0 Å². The third-order valence-electron chi connectivity index (χ3n) is 2.89. The van der Waals surface area contributed by atoms with Crippen LogP contribution in [-0.4, -0.2) is 47.3 Å². The van der Waals surface area contributed by atoms with Crippen LogP contribution in [-0.2, 0) is 9.59 Å². The molecule has 0 aromatic carbocycles. The van der Waals surface area contributed by atoms with Gasteiger partial charge < -0.3 is 33.1 Å². The molecule has 1 saturated heterocycles. The summed E-state index contributed by atoms with van der Waals surface area (Å²) in [6.45, 7) is 1.46. The molecule has 0 saturated carbocycles. The van der Waals surface area contributed by atoms with Gasteiger partial charge in [0.1, 0.15) is 12.1 Å². The van der Waals surface area contributed by atoms with Crippen LogP contribution in [0.5, 0.6) is 0 Å². The van der Waals surface area contributed by atoms with Crippen LogP contribution in [0, 0.1) is 0 Å². The molecule has 1 rings (SSSR count). The molecule has 0 aliphatic carbocycles. The highest BCUT2D eigenvalue weighted by molar-refractivity contribution is 5.73. The summed E-state index contributed by atoms with van der Waals surface area (Å²) in [5.41, 5.74) is 10.4. The van der Waals surface area contributed by atoms with Crippen LogP contribution in [0.25, 0.3) is 0 Å². The van der Waals surface area contributed by atoms with Gasteiger partial charge in [0.15, 0.2) is 0 Å². The van der Waals surface area contributed by atoms with Gasteiger partial charge in [-0.15, -0.1) is 0 Å². The topological polar surface area (TPSA) is 175 Å². The van der Waals surface area contributed by atoms with Crippen molar-refractivity contribution < 1.29 is 21.2 Å². The lowest BCUT2D eigenvalue weighted by Gasteiger charge is -2.18. The van der Waals surface area contributed by atoms with Gasteiger partial charge in [0.25, 0.3) is 0 Å². The fourth-order valence-electron chi connectivity index (χ4n) is 1.69. The zero-order valence-corrected chi connectivity index (χ0v) is 12.2. The maximum Gasteiger partial charge on any atom is 1.00 e. The van der Waals surface area contributed by atoms with Gasteiger partial charge >= 0.3 is 13.4 Å². The molecule has 0 amide bonds. The molecule has 2 atom stereocenters. The highest BCUT2D eigenvalue weighted by atomic mass is 16.4. The molecule has 1 aliphatic rings. The first-order valence-corrected chi connectivity index (χ1v) is 6.63. The first-order valence-electron chi connectivity index (χ1n) is 6.63. The molecule has 11 N–H and O–H groups in total. The van der Waals surface area contributed by atoms with E-state index in [4.69, 9.17) is 21.7 Å². The molecule has 1 fully saturated rings. The monoisotopic (exact) mass is 294 g/mol. The Hall–Kier alpha value is -1.22. The Bertz CT molecular complexity index is 276. The van der Waals surface area contributed by atoms with Crippen LogP contribution in [0.4, 0.5) is 0 Å². The molecular weight excluding hydrogens is 264 g/mol. The first-order chi connectivity index (χ1) is 8.99. The summed E-state index contributed by atoms with van der Waals surface area (Å²) >= 11 is 0. The van der Waals surface area contributed by atoms with E-state index in [1.54, 1.807) is 0 Å². The van der Waals surface area contributed by atoms with E-state index in [1.165, 1.54) is 0 Å². The Morgan fingerprint density at radius 1 is 1.30 bits per heavy atom. The third kappa shape index (κ3) is 10.7. The van der Waals surface area contributed by atoms with Crippen molar-refractivity contribution in [1.82, 2.24) is 11.5 Å². The van der Waals surface area contributed by atoms with Gasteiger partial charge in [0.05, 0.1) is 0 Å². The van der Waals surface area contributed by atoms with Gasteiger partial charge in [-0.2, -0.15) is 0 Å². The SMILES string of the molecule is NCCCCC(N)C(=O)O.O=C(O)C1CCCCN1.[H+].[NH4+]. The molecule has 2 unspecified atom stereocenters. The van der Waals surface area contributed by atoms with Crippen LogP contribution in [0.3, 0.4) is 0 Å². The van der Waals surface area contributed by atoms with Crippen molar-refractivity contribution in [1.29, 1.82) is 0 Å². The minimum atomic E-state index is -0.933. The number of hydrogen-bond donors (Lipinski definition) is 6. The van der Waals surface area contributed by atoms with Crippen LogP contribution in [0.2, 0.25) is 0 Å². The molecule has 0 aromatic rings. The number of nitrogens with two attached hydrogens (primary N) is 2. The zero-order valence-electron chi connectivity index (χ0n) is 13.2. The molecule has 0 bridgehead atoms. The van der Waals surface area contributed by atoms with E-state index in [-0.39, 0.29) is 13.6 Å². The third-order valence-corrected chi connectivity index (χ3v) is 2.89. The second-order valence-corrected chi connectivity index (χ2v) is 4.57. The van der Waals surface area contributed by atoms with Crippen molar-refractivity contribution in [3.05, 3.63) is 0 Å². The van der Waals surface area contributed by atoms with Crippen LogP contribution in [0.1, 0.15) is 40.0 Å². The minimum Gasteiger partial charge on any atom is -0.480 e. The predicted molar refractivity (Wildman–Crippen MR) is 78.9 cm³/mol. The molecule has 0 radical (unpaired) electrons. The van der Waals surface area contributed by atoms with E-state index in [0.717, 1.165) is 38.6 Å². The number of carbonyl (C=O) groups is 2. The number of piperidine rings is 1. The van der Waals surface area contributed by atoms with Crippen molar-refractivity contribution in [2.75, 3.05) is 13.1 Å². The van der Waals surface area contributed by atoms with E-state index in [0.29, 0.717) is 13.0 Å². The van der Waals surface area contributed by atoms with Crippen LogP contribution < -0.4 is 22.9 Å². The largest absolute Gasteiger partial charge is 1.00 e. The number of aliphatic carboxylic acids is 2. The predicted octanol–water partition coefficient (Wildman–Crippen LogP) is 0.229. The number of quaternary nitrogens is 1. The molecule has 8 nitrogen and oxygen atoms in total. The molecule has 0 aromatic heterocycles. The summed E-state index contributed by atoms with van der Waals surface area (Å²) in [7, 11) is 0. The van der Waals surface area contributed by atoms with Crippen molar-refractivity contribution in [3.8, 4) is 0 Å². The van der Waals surface area contributed by atoms with Crippen molar-refractivity contribution in [3.63, 3.8) is 0 Å². The number of unbranched alkanes of at least 4 members (excludes halogenated alkanes) is 1. The highest BCUT2D eigenvalue weighted by Crippen LogP contribution is 2.05. The standard InChI is InChI=1S/C6H14N2O2.C6H11NO2.H3N/c7-4-2-1-3-5(8)6(9)10;8-6(9)5-3-1-2-4-7-5;/h5H,1-4,7-8H2,(H,9,10);5,7H,1-4H2,(H,8,9);1H3/p+2. The lowest BCUT2D eigenvalue weighted by atomic mass is 10.1.